The lowest BCUT2D eigenvalue weighted by Gasteiger charge is -2.21. The third-order valence-corrected chi connectivity index (χ3v) is 6.46. The summed E-state index contributed by atoms with van der Waals surface area (Å²) in [5.74, 6) is -0.408. The molecule has 0 unspecified atom stereocenters. The molecule has 160 valence electrons. The van der Waals surface area contributed by atoms with Crippen molar-refractivity contribution >= 4 is 54.3 Å². The predicted octanol–water partition coefficient (Wildman–Crippen LogP) is 4.76. The van der Waals surface area contributed by atoms with Gasteiger partial charge in [0.2, 0.25) is 0 Å². The molecule has 6 nitrogen and oxygen atoms in total. The number of hydrogen-bond donors (Lipinski definition) is 0. The summed E-state index contributed by atoms with van der Waals surface area (Å²) < 4.78 is 6.55. The van der Waals surface area contributed by atoms with Gasteiger partial charge in [-0.05, 0) is 49.1 Å². The Morgan fingerprint density at radius 3 is 2.56 bits per heavy atom. The van der Waals surface area contributed by atoms with E-state index in [9.17, 15) is 9.59 Å². The SMILES string of the molecule is CN(C)CCN(C(=O)c1cc2c(ccc3ccccc32)oc1=O)c1nc2ccccc2s1. The summed E-state index contributed by atoms with van der Waals surface area (Å²) in [6, 6.07) is 20.9. The number of carbonyl (C=O) groups excluding carboxylic acids is 1. The molecule has 0 spiro atoms. The molecule has 0 atom stereocenters. The molecule has 0 fully saturated rings. The molecule has 32 heavy (non-hydrogen) atoms. The second-order valence-corrected chi connectivity index (χ2v) is 8.88. The molecule has 0 saturated carbocycles. The summed E-state index contributed by atoms with van der Waals surface area (Å²) in [6.07, 6.45) is 0. The monoisotopic (exact) mass is 443 g/mol. The van der Waals surface area contributed by atoms with E-state index in [0.717, 1.165) is 26.4 Å². The Morgan fingerprint density at radius 1 is 0.969 bits per heavy atom. The standard InChI is InChI=1S/C25H21N3O3S/c1-27(2)13-14-28(25-26-20-9-5-6-10-22(20)32-25)23(29)19-15-18-17-8-4-3-7-16(17)11-12-21(18)31-24(19)30/h3-12,15H,13-14H2,1-2H3. The van der Waals surface area contributed by atoms with Crippen LogP contribution in [-0.4, -0.2) is 43.0 Å². The molecule has 2 heterocycles. The van der Waals surface area contributed by atoms with Crippen molar-refractivity contribution < 1.29 is 9.21 Å². The number of hydrogen-bond acceptors (Lipinski definition) is 6. The lowest BCUT2D eigenvalue weighted by molar-refractivity contribution is 0.0982. The maximum absolute atomic E-state index is 13.6. The van der Waals surface area contributed by atoms with Gasteiger partial charge < -0.3 is 9.32 Å². The highest BCUT2D eigenvalue weighted by atomic mass is 32.1. The molecular weight excluding hydrogens is 422 g/mol. The van der Waals surface area contributed by atoms with Crippen molar-refractivity contribution in [1.82, 2.24) is 9.88 Å². The lowest BCUT2D eigenvalue weighted by atomic mass is 10.0. The van der Waals surface area contributed by atoms with Gasteiger partial charge in [0.1, 0.15) is 11.1 Å². The predicted molar refractivity (Wildman–Crippen MR) is 130 cm³/mol. The van der Waals surface area contributed by atoms with Gasteiger partial charge in [0.05, 0.1) is 10.2 Å². The van der Waals surface area contributed by atoms with E-state index in [1.54, 1.807) is 17.0 Å². The Morgan fingerprint density at radius 2 is 1.75 bits per heavy atom. The Labute approximate surface area is 188 Å². The largest absolute Gasteiger partial charge is 0.422 e. The van der Waals surface area contributed by atoms with Crippen LogP contribution in [-0.2, 0) is 0 Å². The zero-order valence-corrected chi connectivity index (χ0v) is 18.6. The van der Waals surface area contributed by atoms with Crippen LogP contribution in [0.3, 0.4) is 0 Å². The Hall–Kier alpha value is -3.55. The van der Waals surface area contributed by atoms with E-state index >= 15 is 0 Å². The number of likely N-dealkylation sites (N-methyl/N-ethyl adjacent to an activating group) is 1. The van der Waals surface area contributed by atoms with Gasteiger partial charge in [-0.2, -0.15) is 0 Å². The Kier molecular flexibility index (Phi) is 5.20. The van der Waals surface area contributed by atoms with Crippen molar-refractivity contribution in [3.05, 3.63) is 82.7 Å². The van der Waals surface area contributed by atoms with Crippen molar-refractivity contribution in [2.75, 3.05) is 32.1 Å². The van der Waals surface area contributed by atoms with Crippen LogP contribution in [0.2, 0.25) is 0 Å². The fraction of sp³-hybridized carbons (Fsp3) is 0.160. The van der Waals surface area contributed by atoms with Crippen molar-refractivity contribution in [2.45, 2.75) is 0 Å². The lowest BCUT2D eigenvalue weighted by Crippen LogP contribution is -2.38. The number of fused-ring (bicyclic) bond motifs is 4. The highest BCUT2D eigenvalue weighted by molar-refractivity contribution is 7.22. The number of aromatic nitrogens is 1. The van der Waals surface area contributed by atoms with E-state index in [1.807, 2.05) is 73.6 Å². The van der Waals surface area contributed by atoms with Crippen molar-refractivity contribution in [1.29, 1.82) is 0 Å². The number of benzene rings is 3. The van der Waals surface area contributed by atoms with Crippen molar-refractivity contribution in [3.63, 3.8) is 0 Å². The van der Waals surface area contributed by atoms with Crippen molar-refractivity contribution in [2.24, 2.45) is 0 Å². The summed E-state index contributed by atoms with van der Waals surface area (Å²) in [7, 11) is 3.88. The first-order chi connectivity index (χ1) is 15.5. The maximum atomic E-state index is 13.6. The van der Waals surface area contributed by atoms with E-state index in [1.165, 1.54) is 11.3 Å². The minimum Gasteiger partial charge on any atom is -0.422 e. The molecule has 0 bridgehead atoms. The van der Waals surface area contributed by atoms with Gasteiger partial charge in [-0.15, -0.1) is 0 Å². The number of amides is 1. The first-order valence-corrected chi connectivity index (χ1v) is 11.1. The number of nitrogens with zero attached hydrogens (tertiary/aromatic N) is 3. The number of thiazole rings is 1. The molecule has 0 aliphatic carbocycles. The summed E-state index contributed by atoms with van der Waals surface area (Å²) in [5, 5.41) is 3.25. The molecule has 1 amide bonds. The third-order valence-electron chi connectivity index (χ3n) is 5.40. The molecule has 0 saturated heterocycles. The van der Waals surface area contributed by atoms with Crippen molar-refractivity contribution in [3.8, 4) is 0 Å². The summed E-state index contributed by atoms with van der Waals surface area (Å²) in [6.45, 7) is 1.03. The zero-order chi connectivity index (χ0) is 22.2. The molecule has 0 aliphatic rings. The van der Waals surface area contributed by atoms with Crippen LogP contribution >= 0.6 is 11.3 Å². The molecule has 7 heteroatoms. The second kappa shape index (κ2) is 8.18. The molecular formula is C25H21N3O3S. The van der Waals surface area contributed by atoms with E-state index < -0.39 is 11.5 Å². The molecule has 2 aromatic heterocycles. The number of anilines is 1. The van der Waals surface area contributed by atoms with Crippen LogP contribution in [0, 0.1) is 0 Å². The van der Waals surface area contributed by atoms with Crippen LogP contribution in [0.4, 0.5) is 5.13 Å². The van der Waals surface area contributed by atoms with E-state index in [0.29, 0.717) is 23.8 Å². The highest BCUT2D eigenvalue weighted by Gasteiger charge is 2.25. The third kappa shape index (κ3) is 3.66. The van der Waals surface area contributed by atoms with E-state index in [4.69, 9.17) is 4.42 Å². The van der Waals surface area contributed by atoms with Gasteiger partial charge in [0.15, 0.2) is 5.13 Å². The Bertz CT molecular complexity index is 1490. The van der Waals surface area contributed by atoms with Gasteiger partial charge in [-0.3, -0.25) is 9.69 Å². The average molecular weight is 444 g/mol. The molecule has 0 N–H and O–H groups in total. The summed E-state index contributed by atoms with van der Waals surface area (Å²) >= 11 is 1.43. The first-order valence-electron chi connectivity index (χ1n) is 10.3. The van der Waals surface area contributed by atoms with E-state index in [-0.39, 0.29) is 5.56 Å². The number of para-hydroxylation sites is 1. The maximum Gasteiger partial charge on any atom is 0.349 e. The van der Waals surface area contributed by atoms with Gasteiger partial charge in [-0.25, -0.2) is 9.78 Å². The highest BCUT2D eigenvalue weighted by Crippen LogP contribution is 2.30. The first kappa shape index (κ1) is 20.4. The molecule has 0 aliphatic heterocycles. The van der Waals surface area contributed by atoms with Gasteiger partial charge in [0.25, 0.3) is 5.91 Å². The molecule has 3 aromatic carbocycles. The van der Waals surface area contributed by atoms with Crippen LogP contribution in [0.1, 0.15) is 10.4 Å². The quantitative estimate of drug-likeness (QED) is 0.289. The molecule has 5 aromatic rings. The van der Waals surface area contributed by atoms with Crippen LogP contribution in [0.15, 0.2) is 75.9 Å². The Balaban J connectivity index is 1.64. The molecule has 5 rings (SSSR count). The van der Waals surface area contributed by atoms with Gasteiger partial charge in [0, 0.05) is 18.5 Å². The molecule has 0 radical (unpaired) electrons. The topological polar surface area (TPSA) is 66.7 Å². The van der Waals surface area contributed by atoms with Crippen LogP contribution < -0.4 is 10.5 Å². The zero-order valence-electron chi connectivity index (χ0n) is 17.7. The minimum atomic E-state index is -0.645. The van der Waals surface area contributed by atoms with Crippen LogP contribution in [0.25, 0.3) is 32.0 Å². The summed E-state index contributed by atoms with van der Waals surface area (Å²) in [5.41, 5.74) is 0.650. The number of rotatable bonds is 5. The number of carbonyl (C=O) groups is 1. The van der Waals surface area contributed by atoms with E-state index in [2.05, 4.69) is 4.98 Å². The van der Waals surface area contributed by atoms with Crippen LogP contribution in [0.5, 0.6) is 0 Å². The minimum absolute atomic E-state index is 0.00636. The fourth-order valence-corrected chi connectivity index (χ4v) is 4.72. The average Bonchev–Trinajstić information content (AvgIpc) is 3.22. The smallest absolute Gasteiger partial charge is 0.349 e. The van der Waals surface area contributed by atoms with Gasteiger partial charge in [-0.1, -0.05) is 53.8 Å². The normalized spacial score (nSPS) is 11.6. The summed E-state index contributed by atoms with van der Waals surface area (Å²) in [4.78, 5) is 34.7. The fourth-order valence-electron chi connectivity index (χ4n) is 3.73. The van der Waals surface area contributed by atoms with Gasteiger partial charge >= 0.3 is 5.63 Å². The second-order valence-electron chi connectivity index (χ2n) is 7.87.